The summed E-state index contributed by atoms with van der Waals surface area (Å²) in [4.78, 5) is 0. The quantitative estimate of drug-likeness (QED) is 0.873. The van der Waals surface area contributed by atoms with Crippen LogP contribution in [0.4, 0.5) is 8.78 Å². The zero-order valence-electron chi connectivity index (χ0n) is 12.3. The van der Waals surface area contributed by atoms with Crippen molar-refractivity contribution in [1.29, 1.82) is 0 Å². The molecule has 1 aliphatic rings. The zero-order chi connectivity index (χ0) is 15.0. The zero-order valence-corrected chi connectivity index (χ0v) is 12.3. The number of rotatable bonds is 4. The molecule has 0 aromatic heterocycles. The molecular weight excluding hydrogens is 268 g/mol. The average molecular weight is 287 g/mol. The topological polar surface area (TPSA) is 12.0 Å². The van der Waals surface area contributed by atoms with Crippen LogP contribution >= 0.6 is 0 Å². The predicted molar refractivity (Wildman–Crippen MR) is 81.1 cm³/mol. The Bertz CT molecular complexity index is 652. The number of halogens is 2. The Balaban J connectivity index is 2.04. The third-order valence-electron chi connectivity index (χ3n) is 3.93. The van der Waals surface area contributed by atoms with Gasteiger partial charge in [0.1, 0.15) is 11.6 Å². The van der Waals surface area contributed by atoms with Gasteiger partial charge in [0, 0.05) is 18.2 Å². The first-order valence-electron chi connectivity index (χ1n) is 7.33. The molecule has 0 saturated heterocycles. The average Bonchev–Trinajstić information content (AvgIpc) is 3.21. The summed E-state index contributed by atoms with van der Waals surface area (Å²) in [5, 5.41) is 3.37. The van der Waals surface area contributed by atoms with Crippen LogP contribution in [-0.4, -0.2) is 6.04 Å². The fourth-order valence-corrected chi connectivity index (χ4v) is 2.75. The summed E-state index contributed by atoms with van der Waals surface area (Å²) >= 11 is 0. The maximum atomic E-state index is 14.4. The molecule has 110 valence electrons. The molecule has 1 saturated carbocycles. The first-order chi connectivity index (χ1) is 10.0. The second-order valence-electron chi connectivity index (χ2n) is 5.90. The van der Waals surface area contributed by atoms with Crippen LogP contribution in [-0.2, 0) is 6.54 Å². The molecule has 3 heteroatoms. The van der Waals surface area contributed by atoms with Gasteiger partial charge in [-0.05, 0) is 67.1 Å². The summed E-state index contributed by atoms with van der Waals surface area (Å²) in [6.45, 7) is 4.34. The van der Waals surface area contributed by atoms with E-state index in [2.05, 4.69) is 5.32 Å². The molecule has 0 aliphatic heterocycles. The summed E-state index contributed by atoms with van der Waals surface area (Å²) in [6.07, 6.45) is 2.34. The van der Waals surface area contributed by atoms with Crippen LogP contribution in [0.2, 0.25) is 0 Å². The lowest BCUT2D eigenvalue weighted by Crippen LogP contribution is -2.16. The highest BCUT2D eigenvalue weighted by Crippen LogP contribution is 2.31. The Hall–Kier alpha value is -1.74. The normalized spacial score (nSPS) is 14.5. The van der Waals surface area contributed by atoms with E-state index in [0.29, 0.717) is 18.2 Å². The predicted octanol–water partition coefficient (Wildman–Crippen LogP) is 4.50. The van der Waals surface area contributed by atoms with Crippen LogP contribution in [0.3, 0.4) is 0 Å². The Kier molecular flexibility index (Phi) is 3.77. The number of hydrogen-bond acceptors (Lipinski definition) is 1. The molecule has 0 atom stereocenters. The van der Waals surface area contributed by atoms with E-state index in [-0.39, 0.29) is 11.6 Å². The molecule has 0 heterocycles. The fraction of sp³-hybridized carbons (Fsp3) is 0.333. The molecule has 2 aromatic carbocycles. The molecule has 0 amide bonds. The lowest BCUT2D eigenvalue weighted by atomic mass is 9.94. The molecule has 3 rings (SSSR count). The van der Waals surface area contributed by atoms with Gasteiger partial charge >= 0.3 is 0 Å². The molecule has 0 bridgehead atoms. The van der Waals surface area contributed by atoms with Gasteiger partial charge in [0.15, 0.2) is 0 Å². The van der Waals surface area contributed by atoms with Gasteiger partial charge in [-0.1, -0.05) is 12.1 Å². The first kappa shape index (κ1) is 14.2. The Morgan fingerprint density at radius 3 is 2.52 bits per heavy atom. The lowest BCUT2D eigenvalue weighted by molar-refractivity contribution is 0.617. The molecule has 1 nitrogen and oxygen atoms in total. The molecule has 0 spiro atoms. The smallest absolute Gasteiger partial charge is 0.131 e. The van der Waals surface area contributed by atoms with Crippen LogP contribution in [0.25, 0.3) is 11.1 Å². The molecule has 1 aliphatic carbocycles. The highest BCUT2D eigenvalue weighted by molar-refractivity contribution is 5.71. The molecule has 0 unspecified atom stereocenters. The van der Waals surface area contributed by atoms with E-state index in [9.17, 15) is 8.78 Å². The van der Waals surface area contributed by atoms with E-state index in [0.717, 1.165) is 22.3 Å². The molecule has 21 heavy (non-hydrogen) atoms. The summed E-state index contributed by atoms with van der Waals surface area (Å²) in [5.41, 5.74) is 3.95. The van der Waals surface area contributed by atoms with Crippen molar-refractivity contribution in [2.45, 2.75) is 39.3 Å². The third-order valence-corrected chi connectivity index (χ3v) is 3.93. The van der Waals surface area contributed by atoms with Gasteiger partial charge in [-0.25, -0.2) is 8.78 Å². The second kappa shape index (κ2) is 5.57. The van der Waals surface area contributed by atoms with Crippen LogP contribution in [0, 0.1) is 25.5 Å². The Labute approximate surface area is 124 Å². The minimum atomic E-state index is -0.281. The van der Waals surface area contributed by atoms with Crippen LogP contribution < -0.4 is 5.32 Å². The van der Waals surface area contributed by atoms with Crippen molar-refractivity contribution >= 4 is 0 Å². The van der Waals surface area contributed by atoms with Crippen molar-refractivity contribution < 1.29 is 8.78 Å². The molecule has 1 N–H and O–H groups in total. The maximum Gasteiger partial charge on any atom is 0.131 e. The van der Waals surface area contributed by atoms with Gasteiger partial charge in [0.25, 0.3) is 0 Å². The minimum Gasteiger partial charge on any atom is -0.310 e. The van der Waals surface area contributed by atoms with Crippen LogP contribution in [0.1, 0.15) is 29.5 Å². The van der Waals surface area contributed by atoms with Gasteiger partial charge in [0.05, 0.1) is 0 Å². The number of hydrogen-bond donors (Lipinski definition) is 1. The number of benzene rings is 2. The van der Waals surface area contributed by atoms with Gasteiger partial charge in [-0.2, -0.15) is 0 Å². The second-order valence-corrected chi connectivity index (χ2v) is 5.90. The van der Waals surface area contributed by atoms with Crippen LogP contribution in [0.15, 0.2) is 30.3 Å². The summed E-state index contributed by atoms with van der Waals surface area (Å²) in [5.74, 6) is -0.525. The lowest BCUT2D eigenvalue weighted by Gasteiger charge is -2.14. The Morgan fingerprint density at radius 2 is 1.86 bits per heavy atom. The van der Waals surface area contributed by atoms with Crippen molar-refractivity contribution in [2.24, 2.45) is 0 Å². The van der Waals surface area contributed by atoms with Crippen molar-refractivity contribution in [1.82, 2.24) is 5.32 Å². The fourth-order valence-electron chi connectivity index (χ4n) is 2.75. The largest absolute Gasteiger partial charge is 0.310 e. The van der Waals surface area contributed by atoms with Gasteiger partial charge in [-0.3, -0.25) is 0 Å². The molecule has 0 radical (unpaired) electrons. The van der Waals surface area contributed by atoms with Crippen molar-refractivity contribution in [3.63, 3.8) is 0 Å². The number of nitrogens with one attached hydrogen (secondary N) is 1. The van der Waals surface area contributed by atoms with E-state index in [4.69, 9.17) is 0 Å². The monoisotopic (exact) mass is 287 g/mol. The van der Waals surface area contributed by atoms with Crippen molar-refractivity contribution in [3.05, 3.63) is 58.7 Å². The van der Waals surface area contributed by atoms with Crippen molar-refractivity contribution in [2.75, 3.05) is 0 Å². The molecular formula is C18H19F2N. The third kappa shape index (κ3) is 3.13. The van der Waals surface area contributed by atoms with E-state index >= 15 is 0 Å². The molecule has 1 fully saturated rings. The van der Waals surface area contributed by atoms with Gasteiger partial charge in [0.2, 0.25) is 0 Å². The minimum absolute atomic E-state index is 0.244. The van der Waals surface area contributed by atoms with E-state index in [1.54, 1.807) is 6.07 Å². The van der Waals surface area contributed by atoms with Crippen molar-refractivity contribution in [3.8, 4) is 11.1 Å². The highest BCUT2D eigenvalue weighted by atomic mass is 19.1. The highest BCUT2D eigenvalue weighted by Gasteiger charge is 2.21. The van der Waals surface area contributed by atoms with Crippen LogP contribution in [0.5, 0.6) is 0 Å². The van der Waals surface area contributed by atoms with Gasteiger partial charge in [-0.15, -0.1) is 0 Å². The SMILES string of the molecule is Cc1cc(C)c(-c2ccc(F)cc2CNC2CC2)c(F)c1. The first-order valence-corrected chi connectivity index (χ1v) is 7.33. The number of aryl methyl sites for hydroxylation is 2. The standard InChI is InChI=1S/C18H19F2N/c1-11-7-12(2)18(17(20)8-11)16-6-3-14(19)9-13(16)10-21-15-4-5-15/h3,6-9,15,21H,4-5,10H2,1-2H3. The summed E-state index contributed by atoms with van der Waals surface area (Å²) < 4.78 is 27.9. The van der Waals surface area contributed by atoms with E-state index in [1.165, 1.54) is 31.0 Å². The van der Waals surface area contributed by atoms with E-state index < -0.39 is 0 Å². The van der Waals surface area contributed by atoms with E-state index in [1.807, 2.05) is 19.9 Å². The Morgan fingerprint density at radius 1 is 1.10 bits per heavy atom. The molecule has 2 aromatic rings. The maximum absolute atomic E-state index is 14.4. The van der Waals surface area contributed by atoms with Gasteiger partial charge < -0.3 is 5.32 Å². The summed E-state index contributed by atoms with van der Waals surface area (Å²) in [6, 6.07) is 8.60. The summed E-state index contributed by atoms with van der Waals surface area (Å²) in [7, 11) is 0.